The van der Waals surface area contributed by atoms with E-state index >= 15 is 0 Å². The van der Waals surface area contributed by atoms with Crippen LogP contribution >= 0.6 is 11.3 Å². The minimum atomic E-state index is -1.16. The number of rotatable bonds is 5. The molecule has 1 aromatic heterocycles. The van der Waals surface area contributed by atoms with Crippen LogP contribution < -0.4 is 0 Å². The van der Waals surface area contributed by atoms with Crippen LogP contribution in [0.2, 0.25) is 0 Å². The second-order valence-electron chi connectivity index (χ2n) is 11.2. The maximum atomic E-state index is 14.1. The number of fused-ring (bicyclic) bond motifs is 3. The highest BCUT2D eigenvalue weighted by molar-refractivity contribution is 7.11. The molecule has 1 heterocycles. The molecule has 5 aliphatic rings. The number of carbonyl (C=O) groups is 4. The average Bonchev–Trinajstić information content (AvgIpc) is 3.38. The average molecular weight is 497 g/mol. The molecule has 0 aliphatic heterocycles. The molecule has 1 spiro atoms. The van der Waals surface area contributed by atoms with Crippen LogP contribution in [-0.2, 0) is 23.9 Å². The topological polar surface area (TPSA) is 86.7 Å². The van der Waals surface area contributed by atoms with Crippen molar-refractivity contribution in [3.05, 3.63) is 46.7 Å². The fourth-order valence-electron chi connectivity index (χ4n) is 8.05. The van der Waals surface area contributed by atoms with Gasteiger partial charge in [-0.25, -0.2) is 4.79 Å². The summed E-state index contributed by atoms with van der Waals surface area (Å²) in [6, 6.07) is 3.53. The molecule has 6 atom stereocenters. The molecule has 2 bridgehead atoms. The standard InChI is InChI=1S/C28H32O6S/c1-16-19-8-11-28(23(16)30)21(13-19)27(15-33-18(3)29)10-6-9-26(4,22(27)17(2)24(28)31)14-34-25(32)20-7-5-12-35-20/h5,7,12,19,21-22H,1-2,6,8-11,13-15H2,3-4H3/t19-,21?,22?,26-,27+,28-/m0/s1. The first-order chi connectivity index (χ1) is 16.6. The Hall–Kier alpha value is -2.54. The van der Waals surface area contributed by atoms with Crippen molar-refractivity contribution in [2.24, 2.45) is 34.0 Å². The van der Waals surface area contributed by atoms with Crippen LogP contribution in [0.25, 0.3) is 0 Å². The predicted molar refractivity (Wildman–Crippen MR) is 131 cm³/mol. The van der Waals surface area contributed by atoms with Crippen molar-refractivity contribution in [2.75, 3.05) is 13.2 Å². The summed E-state index contributed by atoms with van der Waals surface area (Å²) in [6.45, 7) is 12.0. The van der Waals surface area contributed by atoms with E-state index in [1.54, 1.807) is 12.1 Å². The molecule has 5 aliphatic carbocycles. The van der Waals surface area contributed by atoms with Gasteiger partial charge in [-0.3, -0.25) is 14.4 Å². The van der Waals surface area contributed by atoms with E-state index < -0.39 is 16.2 Å². The van der Waals surface area contributed by atoms with Gasteiger partial charge in [0, 0.05) is 23.7 Å². The second-order valence-corrected chi connectivity index (χ2v) is 12.2. The van der Waals surface area contributed by atoms with Gasteiger partial charge in [-0.2, -0.15) is 0 Å². The fraction of sp³-hybridized carbons (Fsp3) is 0.571. The summed E-state index contributed by atoms with van der Waals surface area (Å²) in [6.07, 6.45) is 4.24. The summed E-state index contributed by atoms with van der Waals surface area (Å²) in [4.78, 5) is 52.9. The lowest BCUT2D eigenvalue weighted by Gasteiger charge is -2.67. The molecule has 5 fully saturated rings. The van der Waals surface area contributed by atoms with Crippen LogP contribution in [0.1, 0.15) is 62.0 Å². The Labute approximate surface area is 209 Å². The Balaban J connectivity index is 1.57. The monoisotopic (exact) mass is 496 g/mol. The lowest BCUT2D eigenvalue weighted by atomic mass is 9.35. The van der Waals surface area contributed by atoms with E-state index in [0.717, 1.165) is 25.7 Å². The number of esters is 2. The minimum Gasteiger partial charge on any atom is -0.465 e. The molecule has 2 unspecified atom stereocenters. The molecular weight excluding hydrogens is 464 g/mol. The van der Waals surface area contributed by atoms with Crippen LogP contribution in [0.15, 0.2) is 41.8 Å². The Morgan fingerprint density at radius 2 is 1.83 bits per heavy atom. The maximum Gasteiger partial charge on any atom is 0.348 e. The van der Waals surface area contributed by atoms with Gasteiger partial charge in [-0.05, 0) is 66.5 Å². The summed E-state index contributed by atoms with van der Waals surface area (Å²) in [5.41, 5.74) is -1.39. The molecule has 6 rings (SSSR count). The summed E-state index contributed by atoms with van der Waals surface area (Å²) in [5, 5.41) is 1.83. The van der Waals surface area contributed by atoms with E-state index in [0.29, 0.717) is 28.9 Å². The van der Waals surface area contributed by atoms with Crippen molar-refractivity contribution < 1.29 is 28.7 Å². The summed E-state index contributed by atoms with van der Waals surface area (Å²) in [7, 11) is 0. The molecule has 0 saturated heterocycles. The molecule has 7 heteroatoms. The summed E-state index contributed by atoms with van der Waals surface area (Å²) < 4.78 is 11.5. The first kappa shape index (κ1) is 24.2. The lowest BCUT2D eigenvalue weighted by Crippen LogP contribution is -2.69. The molecule has 1 aromatic rings. The van der Waals surface area contributed by atoms with Crippen LogP contribution in [0.5, 0.6) is 0 Å². The summed E-state index contributed by atoms with van der Waals surface area (Å²) in [5.74, 6) is -1.66. The molecule has 0 radical (unpaired) electrons. The van der Waals surface area contributed by atoms with E-state index in [9.17, 15) is 19.2 Å². The third-order valence-corrected chi connectivity index (χ3v) is 10.2. The fourth-order valence-corrected chi connectivity index (χ4v) is 8.66. The van der Waals surface area contributed by atoms with Gasteiger partial charge in [-0.1, -0.05) is 32.6 Å². The number of hydrogen-bond acceptors (Lipinski definition) is 7. The van der Waals surface area contributed by atoms with Crippen LogP contribution in [0.3, 0.4) is 0 Å². The lowest BCUT2D eigenvalue weighted by molar-refractivity contribution is -0.193. The van der Waals surface area contributed by atoms with Crippen molar-refractivity contribution >= 4 is 34.8 Å². The van der Waals surface area contributed by atoms with Gasteiger partial charge in [0.25, 0.3) is 0 Å². The highest BCUT2D eigenvalue weighted by atomic mass is 32.1. The number of Topliss-reactive ketones (excluding diaryl/α,β-unsaturated/α-hetero) is 2. The molecule has 5 saturated carbocycles. The molecule has 35 heavy (non-hydrogen) atoms. The van der Waals surface area contributed by atoms with Crippen LogP contribution in [0.4, 0.5) is 0 Å². The number of ether oxygens (including phenoxy) is 2. The minimum absolute atomic E-state index is 0.0493. The Morgan fingerprint density at radius 1 is 1.09 bits per heavy atom. The molecule has 186 valence electrons. The van der Waals surface area contributed by atoms with Gasteiger partial charge < -0.3 is 9.47 Å². The van der Waals surface area contributed by atoms with Crippen molar-refractivity contribution in [1.29, 1.82) is 0 Å². The Kier molecular flexibility index (Phi) is 5.70. The van der Waals surface area contributed by atoms with Crippen LogP contribution in [-0.4, -0.2) is 36.7 Å². The second kappa shape index (κ2) is 8.26. The van der Waals surface area contributed by atoms with E-state index in [4.69, 9.17) is 9.47 Å². The van der Waals surface area contributed by atoms with Crippen molar-refractivity contribution in [3.63, 3.8) is 0 Å². The maximum absolute atomic E-state index is 14.1. The van der Waals surface area contributed by atoms with Gasteiger partial charge in [0.1, 0.15) is 4.88 Å². The van der Waals surface area contributed by atoms with E-state index in [1.165, 1.54) is 18.3 Å². The molecule has 0 N–H and O–H groups in total. The first-order valence-electron chi connectivity index (χ1n) is 12.4. The number of allylic oxidation sites excluding steroid dienone is 2. The van der Waals surface area contributed by atoms with Crippen LogP contribution in [0, 0.1) is 34.0 Å². The highest BCUT2D eigenvalue weighted by Crippen LogP contribution is 2.71. The van der Waals surface area contributed by atoms with Gasteiger partial charge in [0.05, 0.1) is 18.6 Å². The smallest absolute Gasteiger partial charge is 0.348 e. The largest absolute Gasteiger partial charge is 0.465 e. The Morgan fingerprint density at radius 3 is 2.51 bits per heavy atom. The predicted octanol–water partition coefficient (Wildman–Crippen LogP) is 4.94. The zero-order valence-corrected chi connectivity index (χ0v) is 21.2. The van der Waals surface area contributed by atoms with Crippen molar-refractivity contribution in [1.82, 2.24) is 0 Å². The van der Waals surface area contributed by atoms with Gasteiger partial charge >= 0.3 is 11.9 Å². The summed E-state index contributed by atoms with van der Waals surface area (Å²) >= 11 is 1.32. The zero-order chi connectivity index (χ0) is 25.2. The number of carbonyl (C=O) groups excluding carboxylic acids is 4. The highest BCUT2D eigenvalue weighted by Gasteiger charge is 2.73. The third-order valence-electron chi connectivity index (χ3n) is 9.39. The van der Waals surface area contributed by atoms with Gasteiger partial charge in [-0.15, -0.1) is 11.3 Å². The van der Waals surface area contributed by atoms with Crippen molar-refractivity contribution in [2.45, 2.75) is 52.4 Å². The van der Waals surface area contributed by atoms with Crippen molar-refractivity contribution in [3.8, 4) is 0 Å². The van der Waals surface area contributed by atoms with E-state index in [1.807, 2.05) is 12.3 Å². The molecular formula is C28H32O6S. The normalized spacial score (nSPS) is 38.1. The quantitative estimate of drug-likeness (QED) is 0.326. The third kappa shape index (κ3) is 3.34. The molecule has 0 aromatic carbocycles. The van der Waals surface area contributed by atoms with E-state index in [-0.39, 0.29) is 54.5 Å². The number of hydrogen-bond donors (Lipinski definition) is 0. The molecule has 6 nitrogen and oxygen atoms in total. The zero-order valence-electron chi connectivity index (χ0n) is 20.4. The SMILES string of the molecule is C=C1C(=O)[C@@]23CC[C@@H](CC2[C@]2(COC(C)=O)CCC[C@@](C)(COC(=O)c4cccs4)C12)C(=C)C3=O. The number of thiophene rings is 1. The van der Waals surface area contributed by atoms with Gasteiger partial charge in [0.2, 0.25) is 0 Å². The van der Waals surface area contributed by atoms with Gasteiger partial charge in [0.15, 0.2) is 11.6 Å². The Bertz CT molecular complexity index is 1130. The number of ketones is 2. The van der Waals surface area contributed by atoms with E-state index in [2.05, 4.69) is 13.2 Å². The molecule has 0 amide bonds. The first-order valence-corrected chi connectivity index (χ1v) is 13.3.